The average molecular weight is 276 g/mol. The quantitative estimate of drug-likeness (QED) is 0.747. The molecule has 20 heavy (non-hydrogen) atoms. The molecule has 0 unspecified atom stereocenters. The summed E-state index contributed by atoms with van der Waals surface area (Å²) in [6, 6.07) is 3.14. The van der Waals surface area contributed by atoms with E-state index in [4.69, 9.17) is 9.31 Å². The van der Waals surface area contributed by atoms with Crippen LogP contribution in [-0.4, -0.2) is 28.1 Å². The molecule has 3 rings (SSSR count). The highest BCUT2D eigenvalue weighted by molar-refractivity contribution is 6.65. The van der Waals surface area contributed by atoms with Crippen LogP contribution in [0.1, 0.15) is 27.7 Å². The second-order valence-electron chi connectivity index (χ2n) is 6.26. The maximum atomic E-state index is 13.9. The molecule has 2 aromatic rings. The highest BCUT2D eigenvalue weighted by Crippen LogP contribution is 2.37. The summed E-state index contributed by atoms with van der Waals surface area (Å²) >= 11 is 0. The number of nitrogens with zero attached hydrogens (tertiary/aromatic N) is 2. The molecule has 1 aliphatic rings. The third kappa shape index (κ3) is 1.78. The summed E-state index contributed by atoms with van der Waals surface area (Å²) in [6.45, 7) is 7.99. The van der Waals surface area contributed by atoms with Crippen LogP contribution < -0.4 is 5.46 Å². The summed E-state index contributed by atoms with van der Waals surface area (Å²) in [5.74, 6) is -0.291. The summed E-state index contributed by atoms with van der Waals surface area (Å²) in [4.78, 5) is 0. The van der Waals surface area contributed by atoms with Crippen molar-refractivity contribution >= 4 is 23.5 Å². The molecule has 0 spiro atoms. The van der Waals surface area contributed by atoms with E-state index in [-0.39, 0.29) is 5.82 Å². The lowest BCUT2D eigenvalue weighted by Crippen LogP contribution is -2.41. The van der Waals surface area contributed by atoms with E-state index in [0.717, 1.165) is 10.8 Å². The van der Waals surface area contributed by atoms with Gasteiger partial charge in [0, 0.05) is 12.4 Å². The molecule has 1 aromatic carbocycles. The van der Waals surface area contributed by atoms with Gasteiger partial charge in [0.05, 0.1) is 17.4 Å². The Morgan fingerprint density at radius 1 is 1.15 bits per heavy atom. The molecule has 0 saturated carbocycles. The van der Waals surface area contributed by atoms with Crippen molar-refractivity contribution in [2.75, 3.05) is 0 Å². The Bertz CT molecular complexity index is 665. The van der Waals surface area contributed by atoms with Crippen LogP contribution in [0.4, 0.5) is 4.39 Å². The smallest absolute Gasteiger partial charge is 0.399 e. The van der Waals surface area contributed by atoms with Gasteiger partial charge in [-0.05, 0) is 39.2 Å². The molecule has 0 amide bonds. The molecule has 2 heterocycles. The van der Waals surface area contributed by atoms with E-state index in [9.17, 15) is 4.39 Å². The first kappa shape index (κ1) is 13.6. The minimum absolute atomic E-state index is 0.291. The number of halogens is 1. The monoisotopic (exact) mass is 276 g/mol. The third-order valence-electron chi connectivity index (χ3n) is 4.39. The Balaban J connectivity index is 2.11. The van der Waals surface area contributed by atoms with Crippen LogP contribution in [0.5, 0.6) is 0 Å². The summed E-state index contributed by atoms with van der Waals surface area (Å²) < 4.78 is 27.5. The molecule has 0 aliphatic carbocycles. The number of aryl methyl sites for hydroxylation is 1. The van der Waals surface area contributed by atoms with E-state index in [2.05, 4.69) is 5.10 Å². The minimum atomic E-state index is -0.507. The third-order valence-corrected chi connectivity index (χ3v) is 4.39. The molecule has 6 heteroatoms. The topological polar surface area (TPSA) is 36.3 Å². The maximum Gasteiger partial charge on any atom is 0.495 e. The van der Waals surface area contributed by atoms with Crippen LogP contribution in [0.2, 0.25) is 0 Å². The van der Waals surface area contributed by atoms with Crippen LogP contribution >= 0.6 is 0 Å². The molecule has 1 fully saturated rings. The number of fused-ring (bicyclic) bond motifs is 1. The SMILES string of the molecule is Cn1ncc2c(B3OC(C)(C)C(C)(C)O3)ccc(F)c21. The number of aromatic nitrogens is 2. The zero-order valence-electron chi connectivity index (χ0n) is 12.4. The normalized spacial score (nSPS) is 20.8. The Hall–Kier alpha value is -1.40. The lowest BCUT2D eigenvalue weighted by atomic mass is 9.77. The first-order valence-electron chi connectivity index (χ1n) is 6.69. The van der Waals surface area contributed by atoms with E-state index < -0.39 is 18.3 Å². The first-order valence-corrected chi connectivity index (χ1v) is 6.69. The average Bonchev–Trinajstić information content (AvgIpc) is 2.80. The number of benzene rings is 1. The van der Waals surface area contributed by atoms with Gasteiger partial charge in [-0.2, -0.15) is 5.10 Å². The van der Waals surface area contributed by atoms with Crippen molar-refractivity contribution in [3.8, 4) is 0 Å². The molecular weight excluding hydrogens is 258 g/mol. The molecule has 1 saturated heterocycles. The molecule has 0 radical (unpaired) electrons. The molecule has 106 valence electrons. The van der Waals surface area contributed by atoms with E-state index in [0.29, 0.717) is 5.52 Å². The Kier molecular flexibility index (Phi) is 2.75. The Morgan fingerprint density at radius 3 is 2.35 bits per heavy atom. The Morgan fingerprint density at radius 2 is 1.75 bits per heavy atom. The summed E-state index contributed by atoms with van der Waals surface area (Å²) in [6.07, 6.45) is 1.65. The summed E-state index contributed by atoms with van der Waals surface area (Å²) in [5.41, 5.74) is 0.451. The van der Waals surface area contributed by atoms with Crippen molar-refractivity contribution in [1.82, 2.24) is 9.78 Å². The van der Waals surface area contributed by atoms with Gasteiger partial charge in [-0.3, -0.25) is 4.68 Å². The molecule has 0 bridgehead atoms. The van der Waals surface area contributed by atoms with Gasteiger partial charge in [0.1, 0.15) is 11.3 Å². The predicted molar refractivity (Wildman–Crippen MR) is 76.4 cm³/mol. The van der Waals surface area contributed by atoms with Crippen LogP contribution in [0.3, 0.4) is 0 Å². The molecule has 1 aromatic heterocycles. The number of hydrogen-bond donors (Lipinski definition) is 0. The second kappa shape index (κ2) is 4.05. The number of rotatable bonds is 1. The van der Waals surface area contributed by atoms with Crippen molar-refractivity contribution in [1.29, 1.82) is 0 Å². The predicted octanol–water partition coefficient (Wildman–Crippen LogP) is 2.01. The van der Waals surface area contributed by atoms with E-state index in [1.54, 1.807) is 19.3 Å². The molecule has 0 N–H and O–H groups in total. The van der Waals surface area contributed by atoms with Gasteiger partial charge < -0.3 is 9.31 Å². The van der Waals surface area contributed by atoms with E-state index >= 15 is 0 Å². The van der Waals surface area contributed by atoms with Gasteiger partial charge in [0.15, 0.2) is 0 Å². The van der Waals surface area contributed by atoms with Crippen LogP contribution in [0.15, 0.2) is 18.3 Å². The van der Waals surface area contributed by atoms with Gasteiger partial charge in [-0.15, -0.1) is 0 Å². The Labute approximate surface area is 118 Å². The highest BCUT2D eigenvalue weighted by atomic mass is 19.1. The van der Waals surface area contributed by atoms with Crippen molar-refractivity contribution in [2.45, 2.75) is 38.9 Å². The van der Waals surface area contributed by atoms with Gasteiger partial charge in [-0.25, -0.2) is 4.39 Å². The van der Waals surface area contributed by atoms with Gasteiger partial charge in [0.2, 0.25) is 0 Å². The first-order chi connectivity index (χ1) is 9.23. The van der Waals surface area contributed by atoms with Crippen LogP contribution in [0.25, 0.3) is 10.9 Å². The van der Waals surface area contributed by atoms with Crippen molar-refractivity contribution in [3.63, 3.8) is 0 Å². The fraction of sp³-hybridized carbons (Fsp3) is 0.500. The van der Waals surface area contributed by atoms with E-state index in [1.165, 1.54) is 10.7 Å². The fourth-order valence-electron chi connectivity index (χ4n) is 2.44. The largest absolute Gasteiger partial charge is 0.495 e. The maximum absolute atomic E-state index is 13.9. The van der Waals surface area contributed by atoms with Crippen molar-refractivity contribution in [3.05, 3.63) is 24.1 Å². The fourth-order valence-corrected chi connectivity index (χ4v) is 2.44. The highest BCUT2D eigenvalue weighted by Gasteiger charge is 2.52. The van der Waals surface area contributed by atoms with Gasteiger partial charge >= 0.3 is 7.12 Å². The lowest BCUT2D eigenvalue weighted by molar-refractivity contribution is 0.00578. The lowest BCUT2D eigenvalue weighted by Gasteiger charge is -2.32. The molecule has 0 atom stereocenters. The molecule has 1 aliphatic heterocycles. The minimum Gasteiger partial charge on any atom is -0.399 e. The van der Waals surface area contributed by atoms with E-state index in [1.807, 2.05) is 27.7 Å². The van der Waals surface area contributed by atoms with Gasteiger partial charge in [0.25, 0.3) is 0 Å². The zero-order valence-corrected chi connectivity index (χ0v) is 12.4. The van der Waals surface area contributed by atoms with Crippen molar-refractivity contribution in [2.24, 2.45) is 7.05 Å². The summed E-state index contributed by atoms with van der Waals surface area (Å²) in [5, 5.41) is 4.85. The second-order valence-corrected chi connectivity index (χ2v) is 6.26. The van der Waals surface area contributed by atoms with Crippen LogP contribution in [-0.2, 0) is 16.4 Å². The molecular formula is C14H18BFN2O2. The summed E-state index contributed by atoms with van der Waals surface area (Å²) in [7, 11) is 1.21. The molecule has 4 nitrogen and oxygen atoms in total. The van der Waals surface area contributed by atoms with Crippen LogP contribution in [0, 0.1) is 5.82 Å². The standard InChI is InChI=1S/C14H18BFN2O2/c1-13(2)14(3,4)20-15(19-13)10-6-7-11(16)12-9(10)8-17-18(12)5/h6-8H,1-5H3. The van der Waals surface area contributed by atoms with Gasteiger partial charge in [-0.1, -0.05) is 6.07 Å². The van der Waals surface area contributed by atoms with Crippen molar-refractivity contribution < 1.29 is 13.7 Å². The zero-order chi connectivity index (χ0) is 14.7. The number of hydrogen-bond acceptors (Lipinski definition) is 3.